The highest BCUT2D eigenvalue weighted by Gasteiger charge is 2.15. The Morgan fingerprint density at radius 1 is 1.00 bits per heavy atom. The Kier molecular flexibility index (Phi) is 5.55. The molecule has 0 atom stereocenters. The van der Waals surface area contributed by atoms with Gasteiger partial charge in [0.15, 0.2) is 0 Å². The Balaban J connectivity index is 1.97. The van der Waals surface area contributed by atoms with Crippen molar-refractivity contribution in [1.29, 1.82) is 0 Å². The molecule has 2 aromatic rings. The fourth-order valence-electron chi connectivity index (χ4n) is 1.98. The number of thiophene rings is 1. The first-order chi connectivity index (χ1) is 10.6. The predicted octanol–water partition coefficient (Wildman–Crippen LogP) is 3.87. The number of anilines is 2. The van der Waals surface area contributed by atoms with E-state index in [1.807, 2.05) is 44.2 Å². The number of carbonyl (C=O) groups excluding carboxylic acids is 2. The molecule has 2 N–H and O–H groups in total. The van der Waals surface area contributed by atoms with E-state index in [2.05, 4.69) is 10.6 Å². The maximum Gasteiger partial charge on any atom is 0.324 e. The second-order valence-corrected chi connectivity index (χ2v) is 5.67. The summed E-state index contributed by atoms with van der Waals surface area (Å²) in [7, 11) is 0. The zero-order valence-electron chi connectivity index (χ0n) is 12.6. The zero-order valence-corrected chi connectivity index (χ0v) is 13.4. The summed E-state index contributed by atoms with van der Waals surface area (Å²) in [5, 5.41) is 6.12. The van der Waals surface area contributed by atoms with E-state index in [0.29, 0.717) is 23.0 Å². The largest absolute Gasteiger partial charge is 0.339 e. The molecule has 22 heavy (non-hydrogen) atoms. The predicted molar refractivity (Wildman–Crippen MR) is 90.7 cm³/mol. The lowest BCUT2D eigenvalue weighted by molar-refractivity contribution is 0.0778. The summed E-state index contributed by atoms with van der Waals surface area (Å²) < 4.78 is 0. The molecule has 0 radical (unpaired) electrons. The molecular formula is C16H19N3O2S. The summed E-state index contributed by atoms with van der Waals surface area (Å²) >= 11 is 1.28. The molecule has 0 saturated heterocycles. The standard InChI is InChI=1S/C16H19N3O2S/c1-3-19(4-2)15(20)13-10-11-14(22-13)18-16(21)17-12-8-6-5-7-9-12/h5-11H,3-4H2,1-2H3,(H2,17,18,21). The van der Waals surface area contributed by atoms with Crippen LogP contribution in [0.4, 0.5) is 15.5 Å². The Morgan fingerprint density at radius 3 is 2.32 bits per heavy atom. The smallest absolute Gasteiger partial charge is 0.324 e. The molecule has 0 aliphatic heterocycles. The van der Waals surface area contributed by atoms with Gasteiger partial charge in [-0.25, -0.2) is 4.79 Å². The highest BCUT2D eigenvalue weighted by molar-refractivity contribution is 7.18. The van der Waals surface area contributed by atoms with Gasteiger partial charge in [0, 0.05) is 18.8 Å². The Hall–Kier alpha value is -2.34. The molecule has 6 heteroatoms. The van der Waals surface area contributed by atoms with Crippen LogP contribution < -0.4 is 10.6 Å². The molecule has 1 heterocycles. The lowest BCUT2D eigenvalue weighted by Crippen LogP contribution is -2.29. The maximum absolute atomic E-state index is 12.2. The van der Waals surface area contributed by atoms with Crippen LogP contribution in [-0.4, -0.2) is 29.9 Å². The molecule has 0 fully saturated rings. The molecule has 0 unspecified atom stereocenters. The molecule has 0 saturated carbocycles. The van der Waals surface area contributed by atoms with Crippen molar-refractivity contribution in [3.63, 3.8) is 0 Å². The second-order valence-electron chi connectivity index (χ2n) is 4.59. The van der Waals surface area contributed by atoms with Crippen molar-refractivity contribution in [2.75, 3.05) is 23.7 Å². The summed E-state index contributed by atoms with van der Waals surface area (Å²) in [6.07, 6.45) is 0. The van der Waals surface area contributed by atoms with Crippen molar-refractivity contribution < 1.29 is 9.59 Å². The van der Waals surface area contributed by atoms with Crippen LogP contribution in [0.1, 0.15) is 23.5 Å². The third-order valence-corrected chi connectivity index (χ3v) is 4.12. The average molecular weight is 317 g/mol. The van der Waals surface area contributed by atoms with Gasteiger partial charge >= 0.3 is 6.03 Å². The van der Waals surface area contributed by atoms with Crippen LogP contribution in [0.25, 0.3) is 0 Å². The first kappa shape index (κ1) is 16.0. The van der Waals surface area contributed by atoms with E-state index in [9.17, 15) is 9.59 Å². The highest BCUT2D eigenvalue weighted by atomic mass is 32.1. The quantitative estimate of drug-likeness (QED) is 0.879. The average Bonchev–Trinajstić information content (AvgIpc) is 2.97. The molecular weight excluding hydrogens is 298 g/mol. The van der Waals surface area contributed by atoms with Crippen molar-refractivity contribution in [2.45, 2.75) is 13.8 Å². The number of benzene rings is 1. The Bertz CT molecular complexity index is 636. The van der Waals surface area contributed by atoms with Crippen LogP contribution in [0.2, 0.25) is 0 Å². The van der Waals surface area contributed by atoms with Gasteiger partial charge in [-0.3, -0.25) is 10.1 Å². The minimum atomic E-state index is -0.324. The minimum Gasteiger partial charge on any atom is -0.339 e. The molecule has 1 aromatic carbocycles. The van der Waals surface area contributed by atoms with Crippen molar-refractivity contribution in [2.24, 2.45) is 0 Å². The highest BCUT2D eigenvalue weighted by Crippen LogP contribution is 2.23. The van der Waals surface area contributed by atoms with Crippen LogP contribution >= 0.6 is 11.3 Å². The summed E-state index contributed by atoms with van der Waals surface area (Å²) in [5.74, 6) is -0.00785. The number of hydrogen-bond donors (Lipinski definition) is 2. The zero-order chi connectivity index (χ0) is 15.9. The van der Waals surface area contributed by atoms with Gasteiger partial charge in [0.25, 0.3) is 5.91 Å². The monoisotopic (exact) mass is 317 g/mol. The van der Waals surface area contributed by atoms with Crippen molar-refractivity contribution in [1.82, 2.24) is 4.90 Å². The third-order valence-electron chi connectivity index (χ3n) is 3.14. The summed E-state index contributed by atoms with van der Waals surface area (Å²) in [6.45, 7) is 5.23. The van der Waals surface area contributed by atoms with E-state index in [0.717, 1.165) is 5.69 Å². The van der Waals surface area contributed by atoms with Crippen LogP contribution in [0.5, 0.6) is 0 Å². The molecule has 0 aliphatic carbocycles. The molecule has 116 valence electrons. The molecule has 0 bridgehead atoms. The van der Waals surface area contributed by atoms with Gasteiger partial charge in [-0.1, -0.05) is 18.2 Å². The van der Waals surface area contributed by atoms with Gasteiger partial charge in [-0.15, -0.1) is 11.3 Å². The minimum absolute atomic E-state index is 0.00785. The van der Waals surface area contributed by atoms with Crippen molar-refractivity contribution in [3.8, 4) is 0 Å². The van der Waals surface area contributed by atoms with Gasteiger partial charge in [-0.05, 0) is 38.1 Å². The van der Waals surface area contributed by atoms with E-state index < -0.39 is 0 Å². The SMILES string of the molecule is CCN(CC)C(=O)c1ccc(NC(=O)Nc2ccccc2)s1. The Morgan fingerprint density at radius 2 is 1.68 bits per heavy atom. The normalized spacial score (nSPS) is 10.1. The van der Waals surface area contributed by atoms with Gasteiger partial charge in [0.05, 0.1) is 9.88 Å². The van der Waals surface area contributed by atoms with E-state index >= 15 is 0 Å². The number of para-hydroxylation sites is 1. The molecule has 3 amide bonds. The van der Waals surface area contributed by atoms with Gasteiger partial charge in [0.1, 0.15) is 0 Å². The number of amides is 3. The molecule has 5 nitrogen and oxygen atoms in total. The summed E-state index contributed by atoms with van der Waals surface area (Å²) in [4.78, 5) is 26.5. The van der Waals surface area contributed by atoms with Crippen molar-refractivity contribution in [3.05, 3.63) is 47.3 Å². The van der Waals surface area contributed by atoms with Crippen LogP contribution in [-0.2, 0) is 0 Å². The number of carbonyl (C=O) groups is 2. The molecule has 0 spiro atoms. The Labute approximate surface area is 134 Å². The first-order valence-electron chi connectivity index (χ1n) is 7.16. The van der Waals surface area contributed by atoms with Crippen molar-refractivity contribution >= 4 is 34.0 Å². The second kappa shape index (κ2) is 7.61. The topological polar surface area (TPSA) is 61.4 Å². The van der Waals surface area contributed by atoms with E-state index in [4.69, 9.17) is 0 Å². The molecule has 0 aliphatic rings. The maximum atomic E-state index is 12.2. The first-order valence-corrected chi connectivity index (χ1v) is 7.97. The fourth-order valence-corrected chi connectivity index (χ4v) is 2.85. The van der Waals surface area contributed by atoms with E-state index in [1.165, 1.54) is 11.3 Å². The van der Waals surface area contributed by atoms with Gasteiger partial charge in [-0.2, -0.15) is 0 Å². The summed E-state index contributed by atoms with van der Waals surface area (Å²) in [5.41, 5.74) is 0.719. The third kappa shape index (κ3) is 4.08. The van der Waals surface area contributed by atoms with Crippen LogP contribution in [0, 0.1) is 0 Å². The van der Waals surface area contributed by atoms with Gasteiger partial charge < -0.3 is 10.2 Å². The number of hydrogen-bond acceptors (Lipinski definition) is 3. The van der Waals surface area contributed by atoms with E-state index in [-0.39, 0.29) is 11.9 Å². The lowest BCUT2D eigenvalue weighted by atomic mass is 10.3. The lowest BCUT2D eigenvalue weighted by Gasteiger charge is -2.17. The molecule has 2 rings (SSSR count). The number of nitrogens with one attached hydrogen (secondary N) is 2. The molecule has 1 aromatic heterocycles. The number of nitrogens with zero attached hydrogens (tertiary/aromatic N) is 1. The number of urea groups is 1. The van der Waals surface area contributed by atoms with E-state index in [1.54, 1.807) is 17.0 Å². The summed E-state index contributed by atoms with van der Waals surface area (Å²) in [6, 6.07) is 12.4. The van der Waals surface area contributed by atoms with Crippen LogP contribution in [0.3, 0.4) is 0 Å². The van der Waals surface area contributed by atoms with Gasteiger partial charge in [0.2, 0.25) is 0 Å². The van der Waals surface area contributed by atoms with Crippen LogP contribution in [0.15, 0.2) is 42.5 Å². The fraction of sp³-hybridized carbons (Fsp3) is 0.250. The number of rotatable bonds is 5.